The van der Waals surface area contributed by atoms with Gasteiger partial charge in [0.05, 0.1) is 10.5 Å². The van der Waals surface area contributed by atoms with Crippen molar-refractivity contribution >= 4 is 44.3 Å². The molecule has 14 heavy (non-hydrogen) atoms. The summed E-state index contributed by atoms with van der Waals surface area (Å²) in [6.45, 7) is 1.92. The molecule has 0 amide bonds. The summed E-state index contributed by atoms with van der Waals surface area (Å²) in [5.41, 5.74) is 7.48. The third-order valence-electron chi connectivity index (χ3n) is 2.11. The number of hydrogen-bond acceptors (Lipinski definition) is 2. The molecule has 1 aromatic heterocycles. The Morgan fingerprint density at radius 1 is 1.43 bits per heavy atom. The van der Waals surface area contributed by atoms with E-state index in [2.05, 4.69) is 20.9 Å². The van der Waals surface area contributed by atoms with Crippen LogP contribution in [-0.4, -0.2) is 4.98 Å². The first-order chi connectivity index (χ1) is 6.59. The van der Waals surface area contributed by atoms with Gasteiger partial charge in [-0.2, -0.15) is 0 Å². The fourth-order valence-electron chi connectivity index (χ4n) is 1.31. The molecule has 0 aliphatic heterocycles. The van der Waals surface area contributed by atoms with Gasteiger partial charge in [-0.05, 0) is 46.6 Å². The number of rotatable bonds is 0. The molecule has 0 aliphatic carbocycles. The average Bonchev–Trinajstić information content (AvgIpc) is 2.15. The molecule has 1 aromatic carbocycles. The maximum Gasteiger partial charge on any atom is 0.127 e. The normalized spacial score (nSPS) is 10.8. The van der Waals surface area contributed by atoms with Gasteiger partial charge in [0, 0.05) is 9.86 Å². The third kappa shape index (κ3) is 1.47. The van der Waals surface area contributed by atoms with E-state index in [0.29, 0.717) is 10.8 Å². The summed E-state index contributed by atoms with van der Waals surface area (Å²) in [7, 11) is 0. The van der Waals surface area contributed by atoms with E-state index < -0.39 is 0 Å². The monoisotopic (exact) mass is 270 g/mol. The van der Waals surface area contributed by atoms with E-state index in [-0.39, 0.29) is 0 Å². The molecule has 1 heterocycles. The molecule has 2 N–H and O–H groups in total. The van der Waals surface area contributed by atoms with Crippen molar-refractivity contribution < 1.29 is 0 Å². The molecule has 0 bridgehead atoms. The zero-order valence-corrected chi connectivity index (χ0v) is 9.85. The second-order valence-corrected chi connectivity index (χ2v) is 4.38. The fraction of sp³-hybridized carbons (Fsp3) is 0.100. The van der Waals surface area contributed by atoms with Gasteiger partial charge in [-0.25, -0.2) is 4.98 Å². The van der Waals surface area contributed by atoms with E-state index in [1.807, 2.05) is 25.1 Å². The zero-order chi connectivity index (χ0) is 10.3. The quantitative estimate of drug-likeness (QED) is 0.796. The van der Waals surface area contributed by atoms with Crippen molar-refractivity contribution in [3.63, 3.8) is 0 Å². The van der Waals surface area contributed by atoms with Crippen LogP contribution in [-0.2, 0) is 0 Å². The van der Waals surface area contributed by atoms with E-state index in [0.717, 1.165) is 20.9 Å². The highest BCUT2D eigenvalue weighted by atomic mass is 79.9. The smallest absolute Gasteiger partial charge is 0.127 e. The molecule has 0 radical (unpaired) electrons. The van der Waals surface area contributed by atoms with Crippen LogP contribution >= 0.6 is 27.5 Å². The summed E-state index contributed by atoms with van der Waals surface area (Å²) in [6.07, 6.45) is 0. The standard InChI is InChI=1S/C10H8BrClN2/c1-5-4-6-8(12)3-2-7(11)9(6)14-10(5)13/h2-4H,1H3,(H2,13,14). The highest BCUT2D eigenvalue weighted by Gasteiger charge is 2.06. The number of aromatic nitrogens is 1. The topological polar surface area (TPSA) is 38.9 Å². The first-order valence-corrected chi connectivity index (χ1v) is 5.27. The summed E-state index contributed by atoms with van der Waals surface area (Å²) >= 11 is 9.46. The van der Waals surface area contributed by atoms with E-state index in [1.165, 1.54) is 0 Å². The van der Waals surface area contributed by atoms with Crippen LogP contribution in [0.5, 0.6) is 0 Å². The molecular weight excluding hydrogens is 263 g/mol. The Bertz CT molecular complexity index is 464. The van der Waals surface area contributed by atoms with Crippen molar-refractivity contribution in [2.75, 3.05) is 5.73 Å². The molecule has 0 saturated carbocycles. The summed E-state index contributed by atoms with van der Waals surface area (Å²) in [5, 5.41) is 1.62. The minimum atomic E-state index is 0.542. The van der Waals surface area contributed by atoms with Gasteiger partial charge in [0.2, 0.25) is 0 Å². The average molecular weight is 272 g/mol. The lowest BCUT2D eigenvalue weighted by Gasteiger charge is -2.05. The first-order valence-electron chi connectivity index (χ1n) is 4.10. The minimum Gasteiger partial charge on any atom is -0.383 e. The van der Waals surface area contributed by atoms with Crippen LogP contribution < -0.4 is 5.73 Å². The number of benzene rings is 1. The Morgan fingerprint density at radius 3 is 2.86 bits per heavy atom. The van der Waals surface area contributed by atoms with Crippen molar-refractivity contribution in [3.8, 4) is 0 Å². The van der Waals surface area contributed by atoms with Gasteiger partial charge in [0.15, 0.2) is 0 Å². The SMILES string of the molecule is Cc1cc2c(Cl)ccc(Br)c2nc1N. The van der Waals surface area contributed by atoms with Gasteiger partial charge in [0.1, 0.15) is 5.82 Å². The van der Waals surface area contributed by atoms with Crippen LogP contribution in [0, 0.1) is 6.92 Å². The van der Waals surface area contributed by atoms with E-state index in [4.69, 9.17) is 17.3 Å². The highest BCUT2D eigenvalue weighted by Crippen LogP contribution is 2.30. The van der Waals surface area contributed by atoms with E-state index >= 15 is 0 Å². The Labute approximate surface area is 95.2 Å². The van der Waals surface area contributed by atoms with Gasteiger partial charge in [-0.1, -0.05) is 11.6 Å². The lowest BCUT2D eigenvalue weighted by atomic mass is 10.1. The molecule has 4 heteroatoms. The van der Waals surface area contributed by atoms with E-state index in [9.17, 15) is 0 Å². The maximum atomic E-state index is 6.05. The molecule has 0 spiro atoms. The second kappa shape index (κ2) is 3.41. The molecule has 2 rings (SSSR count). The number of halogens is 2. The summed E-state index contributed by atoms with van der Waals surface area (Å²) < 4.78 is 0.906. The number of fused-ring (bicyclic) bond motifs is 1. The van der Waals surface area contributed by atoms with Gasteiger partial charge in [0.25, 0.3) is 0 Å². The molecule has 72 valence electrons. The van der Waals surface area contributed by atoms with Gasteiger partial charge < -0.3 is 5.73 Å². The molecular formula is C10H8BrClN2. The minimum absolute atomic E-state index is 0.542. The lowest BCUT2D eigenvalue weighted by Crippen LogP contribution is -1.95. The van der Waals surface area contributed by atoms with Gasteiger partial charge in [-0.3, -0.25) is 0 Å². The number of aryl methyl sites for hydroxylation is 1. The predicted molar refractivity (Wildman–Crippen MR) is 63.6 cm³/mol. The van der Waals surface area contributed by atoms with Crippen molar-refractivity contribution in [1.82, 2.24) is 4.98 Å². The number of nitrogens with zero attached hydrogens (tertiary/aromatic N) is 1. The molecule has 0 fully saturated rings. The first kappa shape index (κ1) is 9.74. The van der Waals surface area contributed by atoms with Crippen molar-refractivity contribution in [1.29, 1.82) is 0 Å². The number of pyridine rings is 1. The van der Waals surface area contributed by atoms with Crippen LogP contribution in [0.25, 0.3) is 10.9 Å². The van der Waals surface area contributed by atoms with Crippen LogP contribution in [0.2, 0.25) is 5.02 Å². The van der Waals surface area contributed by atoms with Crippen molar-refractivity contribution in [3.05, 3.63) is 33.3 Å². The summed E-state index contributed by atoms with van der Waals surface area (Å²) in [5.74, 6) is 0.542. The van der Waals surface area contributed by atoms with Gasteiger partial charge >= 0.3 is 0 Å². The Hall–Kier alpha value is -0.800. The van der Waals surface area contributed by atoms with E-state index in [1.54, 1.807) is 0 Å². The molecule has 2 nitrogen and oxygen atoms in total. The number of nitrogens with two attached hydrogens (primary N) is 1. The number of anilines is 1. The maximum absolute atomic E-state index is 6.05. The van der Waals surface area contributed by atoms with Crippen LogP contribution in [0.4, 0.5) is 5.82 Å². The molecule has 0 unspecified atom stereocenters. The van der Waals surface area contributed by atoms with Crippen LogP contribution in [0.1, 0.15) is 5.56 Å². The summed E-state index contributed by atoms with van der Waals surface area (Å²) in [6, 6.07) is 5.66. The Kier molecular flexibility index (Phi) is 2.37. The van der Waals surface area contributed by atoms with Crippen LogP contribution in [0.3, 0.4) is 0 Å². The predicted octanol–water partition coefficient (Wildman–Crippen LogP) is 3.54. The Balaban J connectivity index is 2.94. The summed E-state index contributed by atoms with van der Waals surface area (Å²) in [4.78, 5) is 4.28. The van der Waals surface area contributed by atoms with Crippen molar-refractivity contribution in [2.45, 2.75) is 6.92 Å². The molecule has 2 aromatic rings. The number of hydrogen-bond donors (Lipinski definition) is 1. The molecule has 0 saturated heterocycles. The lowest BCUT2D eigenvalue weighted by molar-refractivity contribution is 1.34. The number of nitrogen functional groups attached to an aromatic ring is 1. The third-order valence-corrected chi connectivity index (χ3v) is 3.08. The largest absolute Gasteiger partial charge is 0.383 e. The molecule has 0 atom stereocenters. The fourth-order valence-corrected chi connectivity index (χ4v) is 1.95. The van der Waals surface area contributed by atoms with Crippen molar-refractivity contribution in [2.24, 2.45) is 0 Å². The highest BCUT2D eigenvalue weighted by molar-refractivity contribution is 9.10. The second-order valence-electron chi connectivity index (χ2n) is 3.12. The zero-order valence-electron chi connectivity index (χ0n) is 7.51. The molecule has 0 aliphatic rings. The van der Waals surface area contributed by atoms with Crippen LogP contribution in [0.15, 0.2) is 22.7 Å². The van der Waals surface area contributed by atoms with Gasteiger partial charge in [-0.15, -0.1) is 0 Å². The Morgan fingerprint density at radius 2 is 2.14 bits per heavy atom.